The maximum Gasteiger partial charge on any atom is 0.187 e. The van der Waals surface area contributed by atoms with Crippen molar-refractivity contribution in [2.45, 2.75) is 111 Å². The largest absolute Gasteiger partial charge is 0.491 e. The number of nitrogens with two attached hydrogens (primary N) is 1. The zero-order chi connectivity index (χ0) is 33.4. The number of unbranched alkanes of at least 4 members (excludes halogenated alkanes) is 2. The van der Waals surface area contributed by atoms with Gasteiger partial charge in [0.15, 0.2) is 18.9 Å². The fourth-order valence-electron chi connectivity index (χ4n) is 5.49. The SMILES string of the molecule is NCCCCCO[C@@H]1OC(COc2ccccc2)[C@@H](O[C@@H]2OC(CO)[C@H](O[C@H]3OC(CO)[C@H](O)C(O)C3O)C(O)C2O)C(O)[C@@H]1O. The van der Waals surface area contributed by atoms with Crippen LogP contribution in [0.2, 0.25) is 0 Å². The molecule has 0 saturated carbocycles. The summed E-state index contributed by atoms with van der Waals surface area (Å²) in [7, 11) is 0. The number of ether oxygens (including phenoxy) is 7. The molecule has 1 aromatic carbocycles. The molecule has 3 aliphatic heterocycles. The van der Waals surface area contributed by atoms with Crippen molar-refractivity contribution in [1.29, 1.82) is 0 Å². The molecule has 4 rings (SSSR count). The number of hydrogen-bond donors (Lipinski definition) is 10. The van der Waals surface area contributed by atoms with Crippen LogP contribution in [-0.2, 0) is 28.4 Å². The lowest BCUT2D eigenvalue weighted by atomic mass is 9.96. The smallest absolute Gasteiger partial charge is 0.187 e. The quantitative estimate of drug-likeness (QED) is 0.0793. The highest BCUT2D eigenvalue weighted by Gasteiger charge is 2.53. The van der Waals surface area contributed by atoms with E-state index in [1.807, 2.05) is 0 Å². The third-order valence-electron chi connectivity index (χ3n) is 8.18. The van der Waals surface area contributed by atoms with Crippen LogP contribution in [0.5, 0.6) is 5.75 Å². The van der Waals surface area contributed by atoms with E-state index in [1.165, 1.54) is 0 Å². The van der Waals surface area contributed by atoms with Crippen LogP contribution in [0.25, 0.3) is 0 Å². The van der Waals surface area contributed by atoms with Crippen LogP contribution in [0.4, 0.5) is 0 Å². The first-order chi connectivity index (χ1) is 22.1. The van der Waals surface area contributed by atoms with Crippen LogP contribution >= 0.6 is 0 Å². The molecule has 0 bridgehead atoms. The number of rotatable bonds is 15. The first-order valence-electron chi connectivity index (χ1n) is 15.4. The second-order valence-electron chi connectivity index (χ2n) is 11.5. The Morgan fingerprint density at radius 1 is 0.587 bits per heavy atom. The average Bonchev–Trinajstić information content (AvgIpc) is 3.06. The highest BCUT2D eigenvalue weighted by atomic mass is 16.8. The summed E-state index contributed by atoms with van der Waals surface area (Å²) in [5, 5.41) is 93.9. The molecule has 46 heavy (non-hydrogen) atoms. The Hall–Kier alpha value is -1.62. The van der Waals surface area contributed by atoms with Crippen LogP contribution in [-0.4, -0.2) is 171 Å². The number of para-hydroxylation sites is 1. The Morgan fingerprint density at radius 3 is 1.74 bits per heavy atom. The Balaban J connectivity index is 1.46. The fourth-order valence-corrected chi connectivity index (χ4v) is 5.49. The van der Waals surface area contributed by atoms with E-state index >= 15 is 0 Å². The topological polar surface area (TPSA) is 273 Å². The fraction of sp³-hybridized carbons (Fsp3) is 0.793. The summed E-state index contributed by atoms with van der Waals surface area (Å²) in [5.41, 5.74) is 5.52. The molecule has 3 aliphatic rings. The van der Waals surface area contributed by atoms with Gasteiger partial charge in [-0.3, -0.25) is 0 Å². The van der Waals surface area contributed by atoms with E-state index in [0.29, 0.717) is 18.7 Å². The Kier molecular flexibility index (Phi) is 14.3. The van der Waals surface area contributed by atoms with E-state index in [4.69, 9.17) is 38.9 Å². The molecular formula is C29H47NO16. The molecule has 3 fully saturated rings. The van der Waals surface area contributed by atoms with Crippen LogP contribution in [0.1, 0.15) is 19.3 Å². The third-order valence-corrected chi connectivity index (χ3v) is 8.18. The summed E-state index contributed by atoms with van der Waals surface area (Å²) in [6, 6.07) is 8.69. The van der Waals surface area contributed by atoms with E-state index in [-0.39, 0.29) is 13.2 Å². The predicted octanol–water partition coefficient (Wildman–Crippen LogP) is -4.33. The van der Waals surface area contributed by atoms with E-state index < -0.39 is 105 Å². The lowest BCUT2D eigenvalue weighted by Gasteiger charge is -2.48. The highest BCUT2D eigenvalue weighted by molar-refractivity contribution is 5.21. The average molecular weight is 666 g/mol. The molecule has 0 aromatic heterocycles. The summed E-state index contributed by atoms with van der Waals surface area (Å²) in [6.45, 7) is -0.969. The monoisotopic (exact) mass is 665 g/mol. The predicted molar refractivity (Wildman–Crippen MR) is 153 cm³/mol. The van der Waals surface area contributed by atoms with Gasteiger partial charge in [0.25, 0.3) is 0 Å². The number of hydrogen-bond acceptors (Lipinski definition) is 17. The summed E-state index contributed by atoms with van der Waals surface area (Å²) in [5.74, 6) is 0.475. The molecule has 1 aromatic rings. The van der Waals surface area contributed by atoms with Crippen molar-refractivity contribution < 1.29 is 79.1 Å². The first kappa shape index (κ1) is 37.2. The van der Waals surface area contributed by atoms with Crippen LogP contribution in [0.3, 0.4) is 0 Å². The standard InChI is InChI=1S/C29H47NO16/c30-9-5-2-6-10-40-27-23(38)20(35)26(17(44-27)13-41-14-7-3-1-4-8-14)46-29-24(39)21(36)25(16(12-32)43-29)45-28-22(37)19(34)18(33)15(11-31)42-28/h1,3-4,7-8,15-29,31-39H,2,5-6,9-13,30H2/t15?,16?,17?,18-,19?,20?,21?,22?,23-,24?,25-,26+,27+,28+,29-/m0/s1. The second kappa shape index (κ2) is 17.7. The Morgan fingerprint density at radius 2 is 1.13 bits per heavy atom. The van der Waals surface area contributed by atoms with Crippen molar-refractivity contribution in [3.05, 3.63) is 30.3 Å². The van der Waals surface area contributed by atoms with Crippen molar-refractivity contribution in [1.82, 2.24) is 0 Å². The molecule has 0 radical (unpaired) electrons. The van der Waals surface area contributed by atoms with Gasteiger partial charge in [-0.15, -0.1) is 0 Å². The van der Waals surface area contributed by atoms with Gasteiger partial charge in [-0.25, -0.2) is 0 Å². The minimum absolute atomic E-state index is 0.191. The zero-order valence-corrected chi connectivity index (χ0v) is 25.2. The molecule has 264 valence electrons. The van der Waals surface area contributed by atoms with Crippen molar-refractivity contribution in [3.8, 4) is 5.75 Å². The molecule has 8 unspecified atom stereocenters. The Bertz CT molecular complexity index is 1010. The van der Waals surface area contributed by atoms with Gasteiger partial charge >= 0.3 is 0 Å². The summed E-state index contributed by atoms with van der Waals surface area (Å²) >= 11 is 0. The summed E-state index contributed by atoms with van der Waals surface area (Å²) in [4.78, 5) is 0. The molecule has 17 nitrogen and oxygen atoms in total. The molecule has 11 N–H and O–H groups in total. The normalized spacial score (nSPS) is 41.7. The van der Waals surface area contributed by atoms with Gasteiger partial charge in [0, 0.05) is 6.61 Å². The van der Waals surface area contributed by atoms with Crippen molar-refractivity contribution >= 4 is 0 Å². The minimum atomic E-state index is -1.88. The lowest BCUT2D eigenvalue weighted by Crippen LogP contribution is -2.66. The van der Waals surface area contributed by atoms with Gasteiger partial charge in [-0.2, -0.15) is 0 Å². The number of aliphatic hydroxyl groups is 9. The van der Waals surface area contributed by atoms with Gasteiger partial charge < -0.3 is 84.9 Å². The molecule has 0 amide bonds. The van der Waals surface area contributed by atoms with E-state index in [2.05, 4.69) is 0 Å². The van der Waals surface area contributed by atoms with Crippen LogP contribution in [0, 0.1) is 0 Å². The summed E-state index contributed by atoms with van der Waals surface area (Å²) < 4.78 is 39.9. The molecule has 3 saturated heterocycles. The van der Waals surface area contributed by atoms with E-state index in [0.717, 1.165) is 12.8 Å². The van der Waals surface area contributed by atoms with Gasteiger partial charge in [0.05, 0.1) is 13.2 Å². The molecular weight excluding hydrogens is 618 g/mol. The number of aliphatic hydroxyl groups excluding tert-OH is 9. The van der Waals surface area contributed by atoms with E-state index in [9.17, 15) is 46.0 Å². The van der Waals surface area contributed by atoms with E-state index in [1.54, 1.807) is 30.3 Å². The maximum atomic E-state index is 11.1. The molecule has 0 aliphatic carbocycles. The first-order valence-corrected chi connectivity index (χ1v) is 15.4. The van der Waals surface area contributed by atoms with Crippen molar-refractivity contribution in [2.75, 3.05) is 33.0 Å². The van der Waals surface area contributed by atoms with Crippen molar-refractivity contribution in [2.24, 2.45) is 5.73 Å². The second-order valence-corrected chi connectivity index (χ2v) is 11.5. The number of benzene rings is 1. The zero-order valence-electron chi connectivity index (χ0n) is 25.2. The highest BCUT2D eigenvalue weighted by Crippen LogP contribution is 2.33. The lowest BCUT2D eigenvalue weighted by molar-refractivity contribution is -0.379. The Labute approximate surface area is 265 Å². The van der Waals surface area contributed by atoms with Crippen molar-refractivity contribution in [3.63, 3.8) is 0 Å². The molecule has 15 atom stereocenters. The summed E-state index contributed by atoms with van der Waals surface area (Å²) in [6.07, 6.45) is -21.4. The van der Waals surface area contributed by atoms with Crippen LogP contribution in [0.15, 0.2) is 30.3 Å². The van der Waals surface area contributed by atoms with Gasteiger partial charge in [-0.1, -0.05) is 18.2 Å². The van der Waals surface area contributed by atoms with Gasteiger partial charge in [0.1, 0.15) is 85.6 Å². The maximum absolute atomic E-state index is 11.1. The molecule has 3 heterocycles. The third kappa shape index (κ3) is 8.88. The molecule has 17 heteroatoms. The van der Waals surface area contributed by atoms with Gasteiger partial charge in [0.2, 0.25) is 0 Å². The minimum Gasteiger partial charge on any atom is -0.491 e. The van der Waals surface area contributed by atoms with Gasteiger partial charge in [-0.05, 0) is 37.9 Å². The van der Waals surface area contributed by atoms with Crippen LogP contribution < -0.4 is 10.5 Å². The molecule has 0 spiro atoms.